The third kappa shape index (κ3) is 16.7. The second-order valence-corrected chi connectivity index (χ2v) is 7.18. The van der Waals surface area contributed by atoms with Crippen LogP contribution in [0.4, 0.5) is 0 Å². The maximum Gasteiger partial charge on any atom is 0.320 e. The number of rotatable bonds is 8. The molecular weight excluding hydrogens is 348 g/mol. The average Bonchev–Trinajstić information content (AvgIpc) is 2.31. The Labute approximate surface area is 126 Å². The normalized spacial score (nSPS) is 14.4. The van der Waals surface area contributed by atoms with Crippen LogP contribution in [0, 0.1) is 0 Å². The van der Waals surface area contributed by atoms with Crippen molar-refractivity contribution in [2.24, 2.45) is 11.5 Å². The highest BCUT2D eigenvalue weighted by molar-refractivity contribution is 7.86. The number of carboxylic acid groups (broad SMARTS) is 2. The fourth-order valence-electron chi connectivity index (χ4n) is 0.799. The summed E-state index contributed by atoms with van der Waals surface area (Å²) < 4.78 is 56.6. The van der Waals surface area contributed by atoms with Crippen molar-refractivity contribution in [1.29, 1.82) is 0 Å². The van der Waals surface area contributed by atoms with Crippen LogP contribution < -0.4 is 11.5 Å². The fourth-order valence-corrected chi connectivity index (χ4v) is 1.90. The summed E-state index contributed by atoms with van der Waals surface area (Å²) in [4.78, 5) is 20.0. The number of carboxylic acids is 2. The maximum absolute atomic E-state index is 10.1. The first-order valence-corrected chi connectivity index (χ1v) is 8.74. The Morgan fingerprint density at radius 1 is 0.773 bits per heavy atom. The summed E-state index contributed by atoms with van der Waals surface area (Å²) in [6, 6.07) is -2.48. The summed E-state index contributed by atoms with van der Waals surface area (Å²) in [5, 5.41) is 16.4. The van der Waals surface area contributed by atoms with Gasteiger partial charge >= 0.3 is 11.9 Å². The van der Waals surface area contributed by atoms with E-state index in [9.17, 15) is 26.4 Å². The standard InChI is InChI=1S/2C4H9NO5S/c2*5-3(4(6)7)1-2-11(8,9)10/h2*3H,1-2,5H2,(H,6,7)(H,8,9,10)/t3-;/m0./s1. The van der Waals surface area contributed by atoms with E-state index in [1.807, 2.05) is 0 Å². The van der Waals surface area contributed by atoms with Crippen LogP contribution in [-0.2, 0) is 29.8 Å². The van der Waals surface area contributed by atoms with Crippen LogP contribution in [0.5, 0.6) is 0 Å². The van der Waals surface area contributed by atoms with Crippen molar-refractivity contribution < 1.29 is 45.7 Å². The zero-order valence-electron chi connectivity index (χ0n) is 11.2. The smallest absolute Gasteiger partial charge is 0.320 e. The van der Waals surface area contributed by atoms with Gasteiger partial charge in [0.15, 0.2) is 0 Å². The summed E-state index contributed by atoms with van der Waals surface area (Å²) in [7, 11) is -8.19. The van der Waals surface area contributed by atoms with Crippen molar-refractivity contribution in [2.75, 3.05) is 11.5 Å². The molecule has 0 rings (SSSR count). The Balaban J connectivity index is 0. The second-order valence-electron chi connectivity index (χ2n) is 4.04. The number of hydrogen-bond acceptors (Lipinski definition) is 8. The molecule has 0 saturated carbocycles. The molecule has 132 valence electrons. The zero-order chi connectivity index (χ0) is 18.1. The summed E-state index contributed by atoms with van der Waals surface area (Å²) in [5.41, 5.74) is 9.90. The van der Waals surface area contributed by atoms with Crippen LogP contribution in [-0.4, -0.2) is 71.7 Å². The maximum atomic E-state index is 10.1. The topological polar surface area (TPSA) is 235 Å². The Bertz CT molecular complexity index is 518. The molecule has 0 aromatic heterocycles. The van der Waals surface area contributed by atoms with Gasteiger partial charge in [-0.25, -0.2) is 0 Å². The zero-order valence-corrected chi connectivity index (χ0v) is 12.8. The van der Waals surface area contributed by atoms with E-state index in [0.29, 0.717) is 0 Å². The van der Waals surface area contributed by atoms with Gasteiger partial charge in [0, 0.05) is 0 Å². The predicted molar refractivity (Wildman–Crippen MR) is 73.3 cm³/mol. The monoisotopic (exact) mass is 366 g/mol. The molecule has 0 fully saturated rings. The Hall–Kier alpha value is -1.32. The molecule has 0 aromatic rings. The van der Waals surface area contributed by atoms with Crippen LogP contribution in [0.3, 0.4) is 0 Å². The van der Waals surface area contributed by atoms with Crippen LogP contribution >= 0.6 is 0 Å². The molecule has 12 nitrogen and oxygen atoms in total. The molecule has 0 aliphatic rings. The van der Waals surface area contributed by atoms with E-state index < -0.39 is 55.8 Å². The van der Waals surface area contributed by atoms with Crippen molar-refractivity contribution in [1.82, 2.24) is 0 Å². The third-order valence-corrected chi connectivity index (χ3v) is 3.51. The molecule has 0 heterocycles. The Morgan fingerprint density at radius 3 is 1.14 bits per heavy atom. The summed E-state index contributed by atoms with van der Waals surface area (Å²) in [6.45, 7) is 0. The van der Waals surface area contributed by atoms with Crippen molar-refractivity contribution >= 4 is 32.2 Å². The van der Waals surface area contributed by atoms with Gasteiger partial charge in [-0.05, 0) is 12.8 Å². The van der Waals surface area contributed by atoms with E-state index >= 15 is 0 Å². The molecule has 22 heavy (non-hydrogen) atoms. The fraction of sp³-hybridized carbons (Fsp3) is 0.750. The van der Waals surface area contributed by atoms with E-state index in [0.717, 1.165) is 0 Å². The molecule has 0 aliphatic heterocycles. The molecule has 8 N–H and O–H groups in total. The number of carbonyl (C=O) groups is 2. The molecule has 0 amide bonds. The SMILES string of the molecule is NC(CCS(=O)(=O)O)C(=O)O.N[C@@H](CCS(=O)(=O)O)C(=O)O. The summed E-state index contributed by atoms with van der Waals surface area (Å²) in [6.07, 6.45) is -0.567. The van der Waals surface area contributed by atoms with Gasteiger partial charge in [-0.2, -0.15) is 16.8 Å². The minimum absolute atomic E-state index is 0.284. The van der Waals surface area contributed by atoms with Gasteiger partial charge in [-0.3, -0.25) is 18.7 Å². The molecule has 0 aromatic carbocycles. The van der Waals surface area contributed by atoms with Gasteiger partial charge in [-0.1, -0.05) is 0 Å². The van der Waals surface area contributed by atoms with Gasteiger partial charge in [0.2, 0.25) is 0 Å². The lowest BCUT2D eigenvalue weighted by Crippen LogP contribution is -2.32. The van der Waals surface area contributed by atoms with Crippen molar-refractivity contribution in [2.45, 2.75) is 24.9 Å². The first-order chi connectivity index (χ1) is 9.65. The molecule has 2 atom stereocenters. The van der Waals surface area contributed by atoms with E-state index in [1.165, 1.54) is 0 Å². The van der Waals surface area contributed by atoms with E-state index in [-0.39, 0.29) is 12.8 Å². The van der Waals surface area contributed by atoms with Crippen LogP contribution in [0.1, 0.15) is 12.8 Å². The molecule has 0 bridgehead atoms. The van der Waals surface area contributed by atoms with Gasteiger partial charge in [0.1, 0.15) is 12.1 Å². The van der Waals surface area contributed by atoms with Crippen LogP contribution in [0.2, 0.25) is 0 Å². The van der Waals surface area contributed by atoms with Gasteiger partial charge in [-0.15, -0.1) is 0 Å². The van der Waals surface area contributed by atoms with Crippen molar-refractivity contribution in [3.05, 3.63) is 0 Å². The van der Waals surface area contributed by atoms with Crippen molar-refractivity contribution in [3.63, 3.8) is 0 Å². The highest BCUT2D eigenvalue weighted by atomic mass is 32.2. The lowest BCUT2D eigenvalue weighted by Gasteiger charge is -2.02. The van der Waals surface area contributed by atoms with Crippen LogP contribution in [0.15, 0.2) is 0 Å². The first kappa shape index (κ1) is 23.0. The van der Waals surface area contributed by atoms with Crippen LogP contribution in [0.25, 0.3) is 0 Å². The minimum Gasteiger partial charge on any atom is -0.480 e. The largest absolute Gasteiger partial charge is 0.480 e. The lowest BCUT2D eigenvalue weighted by atomic mass is 10.2. The quantitative estimate of drug-likeness (QED) is 0.242. The van der Waals surface area contributed by atoms with Gasteiger partial charge in [0.25, 0.3) is 20.2 Å². The minimum atomic E-state index is -4.10. The van der Waals surface area contributed by atoms with Gasteiger partial charge < -0.3 is 21.7 Å². The Morgan fingerprint density at radius 2 is 1.00 bits per heavy atom. The number of aliphatic carboxylic acids is 2. The third-order valence-electron chi connectivity index (χ3n) is 2.01. The van der Waals surface area contributed by atoms with E-state index in [2.05, 4.69) is 0 Å². The number of nitrogens with two attached hydrogens (primary N) is 2. The Kier molecular flexibility index (Phi) is 10.1. The number of hydrogen-bond donors (Lipinski definition) is 6. The average molecular weight is 366 g/mol. The predicted octanol–water partition coefficient (Wildman–Crippen LogP) is -2.65. The summed E-state index contributed by atoms with van der Waals surface area (Å²) >= 11 is 0. The molecule has 0 aliphatic carbocycles. The van der Waals surface area contributed by atoms with Gasteiger partial charge in [0.05, 0.1) is 11.5 Å². The highest BCUT2D eigenvalue weighted by Crippen LogP contribution is 1.93. The molecule has 0 radical (unpaired) electrons. The first-order valence-electron chi connectivity index (χ1n) is 5.53. The van der Waals surface area contributed by atoms with E-state index in [4.69, 9.17) is 30.8 Å². The summed E-state index contributed by atoms with van der Waals surface area (Å²) in [5.74, 6) is -3.82. The highest BCUT2D eigenvalue weighted by Gasteiger charge is 2.15. The molecule has 1 unspecified atom stereocenters. The van der Waals surface area contributed by atoms with E-state index in [1.54, 1.807) is 0 Å². The molecule has 0 saturated heterocycles. The molecule has 0 spiro atoms. The van der Waals surface area contributed by atoms with Crippen molar-refractivity contribution in [3.8, 4) is 0 Å². The molecule has 14 heteroatoms. The second kappa shape index (κ2) is 9.65. The molecular formula is C8H18N2O10S2. The lowest BCUT2D eigenvalue weighted by molar-refractivity contribution is -0.139.